The van der Waals surface area contributed by atoms with E-state index >= 15 is 0 Å². The number of halogens is 1. The van der Waals surface area contributed by atoms with Crippen LogP contribution in [-0.4, -0.2) is 60.3 Å². The molecule has 1 N–H and O–H groups in total. The Labute approximate surface area is 145 Å². The van der Waals surface area contributed by atoms with Crippen LogP contribution >= 0.6 is 11.6 Å². The highest BCUT2D eigenvalue weighted by molar-refractivity contribution is 6.28. The van der Waals surface area contributed by atoms with Gasteiger partial charge in [0.2, 0.25) is 11.2 Å². The predicted octanol–water partition coefficient (Wildman–Crippen LogP) is 0.574. The summed E-state index contributed by atoms with van der Waals surface area (Å²) in [5.74, 6) is 0.495. The maximum Gasteiger partial charge on any atom is 0.240 e. The van der Waals surface area contributed by atoms with E-state index in [0.717, 1.165) is 18.1 Å². The summed E-state index contributed by atoms with van der Waals surface area (Å²) >= 11 is 5.95. The van der Waals surface area contributed by atoms with Crippen LogP contribution in [0.3, 0.4) is 0 Å². The summed E-state index contributed by atoms with van der Waals surface area (Å²) in [6.45, 7) is 6.00. The summed E-state index contributed by atoms with van der Waals surface area (Å²) in [6.07, 6.45) is 1.64. The molecule has 1 amide bonds. The minimum atomic E-state index is -0.911. The number of morpholine rings is 1. The van der Waals surface area contributed by atoms with Gasteiger partial charge < -0.3 is 19.9 Å². The smallest absolute Gasteiger partial charge is 0.240 e. The van der Waals surface area contributed by atoms with Gasteiger partial charge >= 0.3 is 0 Å². The van der Waals surface area contributed by atoms with Crippen LogP contribution in [0.4, 0.5) is 11.5 Å². The topological polar surface area (TPSA) is 94.4 Å². The minimum Gasteiger partial charge on any atom is -0.377 e. The van der Waals surface area contributed by atoms with Gasteiger partial charge in [0.1, 0.15) is 5.54 Å². The number of hydrogen-bond donors (Lipinski definition) is 1. The van der Waals surface area contributed by atoms with Crippen molar-refractivity contribution in [1.29, 1.82) is 5.26 Å². The van der Waals surface area contributed by atoms with E-state index < -0.39 is 5.54 Å². The molecule has 0 aromatic carbocycles. The molecule has 24 heavy (non-hydrogen) atoms. The van der Waals surface area contributed by atoms with Gasteiger partial charge in [-0.3, -0.25) is 4.79 Å². The second-order valence-corrected chi connectivity index (χ2v) is 6.77. The first kappa shape index (κ1) is 16.7. The number of carbonyl (C=O) groups is 1. The first-order chi connectivity index (χ1) is 11.4. The van der Waals surface area contributed by atoms with Crippen LogP contribution in [-0.2, 0) is 9.53 Å². The van der Waals surface area contributed by atoms with Gasteiger partial charge in [-0.1, -0.05) is 0 Å². The van der Waals surface area contributed by atoms with Crippen LogP contribution in [0.25, 0.3) is 0 Å². The summed E-state index contributed by atoms with van der Waals surface area (Å²) in [7, 11) is 0. The average molecular weight is 351 g/mol. The summed E-state index contributed by atoms with van der Waals surface area (Å²) in [6, 6.07) is 2.17. The molecule has 0 saturated carbocycles. The fourth-order valence-corrected chi connectivity index (χ4v) is 3.09. The molecular formula is C15H19ClN6O2. The molecule has 3 heterocycles. The van der Waals surface area contributed by atoms with Crippen LogP contribution in [0.15, 0.2) is 6.20 Å². The Morgan fingerprint density at radius 3 is 3.17 bits per heavy atom. The third-order valence-corrected chi connectivity index (χ3v) is 4.24. The van der Waals surface area contributed by atoms with Gasteiger partial charge in [0, 0.05) is 13.1 Å². The highest BCUT2D eigenvalue weighted by Crippen LogP contribution is 2.34. The number of amides is 1. The Balaban J connectivity index is 1.84. The zero-order chi connectivity index (χ0) is 17.3. The van der Waals surface area contributed by atoms with Crippen molar-refractivity contribution in [1.82, 2.24) is 15.3 Å². The summed E-state index contributed by atoms with van der Waals surface area (Å²) in [5.41, 5.74) is -0.144. The highest BCUT2D eigenvalue weighted by atomic mass is 35.5. The SMILES string of the molecule is CC(C)(C#N)NC(=O)CN1CC2COCCN2c2nc(Cl)ncc21. The molecule has 0 spiro atoms. The van der Waals surface area contributed by atoms with Gasteiger partial charge in [-0.2, -0.15) is 10.2 Å². The Morgan fingerprint density at radius 2 is 2.42 bits per heavy atom. The van der Waals surface area contributed by atoms with Crippen molar-refractivity contribution >= 4 is 29.0 Å². The predicted molar refractivity (Wildman–Crippen MR) is 89.0 cm³/mol. The molecule has 3 rings (SSSR count). The van der Waals surface area contributed by atoms with Crippen LogP contribution in [0.2, 0.25) is 5.28 Å². The fourth-order valence-electron chi connectivity index (χ4n) is 2.96. The molecule has 1 fully saturated rings. The minimum absolute atomic E-state index is 0.106. The lowest BCUT2D eigenvalue weighted by Gasteiger charge is -2.45. The van der Waals surface area contributed by atoms with E-state index in [1.165, 1.54) is 0 Å². The Bertz CT molecular complexity index is 689. The average Bonchev–Trinajstić information content (AvgIpc) is 2.54. The molecule has 1 aromatic heterocycles. The third-order valence-electron chi connectivity index (χ3n) is 4.06. The molecule has 8 nitrogen and oxygen atoms in total. The fraction of sp³-hybridized carbons (Fsp3) is 0.600. The van der Waals surface area contributed by atoms with Crippen molar-refractivity contribution in [3.8, 4) is 6.07 Å². The van der Waals surface area contributed by atoms with E-state index in [1.807, 2.05) is 4.90 Å². The number of nitriles is 1. The molecule has 1 saturated heterocycles. The number of carbonyl (C=O) groups excluding carboxylic acids is 1. The monoisotopic (exact) mass is 350 g/mol. The van der Waals surface area contributed by atoms with Gasteiger partial charge in [0.05, 0.1) is 43.8 Å². The summed E-state index contributed by atoms with van der Waals surface area (Å²) < 4.78 is 5.55. The van der Waals surface area contributed by atoms with E-state index in [9.17, 15) is 4.79 Å². The molecule has 128 valence electrons. The molecule has 2 aliphatic heterocycles. The summed E-state index contributed by atoms with van der Waals surface area (Å²) in [5, 5.41) is 11.9. The number of nitrogens with one attached hydrogen (secondary N) is 1. The molecule has 0 bridgehead atoms. The van der Waals surface area contributed by atoms with E-state index in [1.54, 1.807) is 20.0 Å². The van der Waals surface area contributed by atoms with Crippen LogP contribution in [0.1, 0.15) is 13.8 Å². The number of ether oxygens (including phenoxy) is 1. The lowest BCUT2D eigenvalue weighted by Crippen LogP contribution is -2.57. The maximum atomic E-state index is 12.3. The standard InChI is InChI=1S/C15H19ClN6O2/c1-15(2,9-17)20-12(23)7-21-6-10-8-24-4-3-22(10)13-11(21)5-18-14(16)19-13/h5,10H,3-4,6-8H2,1-2H3,(H,20,23). The van der Waals surface area contributed by atoms with Gasteiger partial charge in [-0.15, -0.1) is 0 Å². The second kappa shape index (κ2) is 6.42. The van der Waals surface area contributed by atoms with Crippen LogP contribution < -0.4 is 15.1 Å². The number of hydrogen-bond acceptors (Lipinski definition) is 7. The molecular weight excluding hydrogens is 332 g/mol. The number of aromatic nitrogens is 2. The quantitative estimate of drug-likeness (QED) is 0.796. The second-order valence-electron chi connectivity index (χ2n) is 6.44. The number of nitrogens with zero attached hydrogens (tertiary/aromatic N) is 5. The molecule has 0 aliphatic carbocycles. The zero-order valence-corrected chi connectivity index (χ0v) is 14.4. The lowest BCUT2D eigenvalue weighted by atomic mass is 10.1. The van der Waals surface area contributed by atoms with Gasteiger partial charge in [-0.25, -0.2) is 4.98 Å². The van der Waals surface area contributed by atoms with E-state index in [2.05, 4.69) is 26.3 Å². The lowest BCUT2D eigenvalue weighted by molar-refractivity contribution is -0.120. The van der Waals surface area contributed by atoms with Gasteiger partial charge in [0.15, 0.2) is 5.82 Å². The molecule has 9 heteroatoms. The van der Waals surface area contributed by atoms with Gasteiger partial charge in [-0.05, 0) is 25.4 Å². The first-order valence-electron chi connectivity index (χ1n) is 7.74. The number of anilines is 2. The number of fused-ring (bicyclic) bond motifs is 3. The van der Waals surface area contributed by atoms with Crippen molar-refractivity contribution in [3.05, 3.63) is 11.5 Å². The van der Waals surface area contributed by atoms with Crippen LogP contribution in [0.5, 0.6) is 0 Å². The zero-order valence-electron chi connectivity index (χ0n) is 13.6. The molecule has 1 atom stereocenters. The number of rotatable bonds is 3. The summed E-state index contributed by atoms with van der Waals surface area (Å²) in [4.78, 5) is 24.8. The van der Waals surface area contributed by atoms with E-state index in [0.29, 0.717) is 19.8 Å². The van der Waals surface area contributed by atoms with Crippen molar-refractivity contribution in [3.63, 3.8) is 0 Å². The highest BCUT2D eigenvalue weighted by Gasteiger charge is 2.35. The van der Waals surface area contributed by atoms with Crippen molar-refractivity contribution in [2.75, 3.05) is 42.6 Å². The van der Waals surface area contributed by atoms with E-state index in [4.69, 9.17) is 21.6 Å². The van der Waals surface area contributed by atoms with Crippen molar-refractivity contribution in [2.45, 2.75) is 25.4 Å². The normalized spacial score (nSPS) is 20.0. The molecule has 0 radical (unpaired) electrons. The Hall–Kier alpha value is -2.11. The van der Waals surface area contributed by atoms with Crippen molar-refractivity contribution < 1.29 is 9.53 Å². The van der Waals surface area contributed by atoms with Crippen LogP contribution in [0, 0.1) is 11.3 Å². The molecule has 2 aliphatic rings. The maximum absolute atomic E-state index is 12.3. The Morgan fingerprint density at radius 1 is 1.62 bits per heavy atom. The molecule has 1 unspecified atom stereocenters. The van der Waals surface area contributed by atoms with Crippen molar-refractivity contribution in [2.24, 2.45) is 0 Å². The third kappa shape index (κ3) is 3.37. The first-order valence-corrected chi connectivity index (χ1v) is 8.11. The largest absolute Gasteiger partial charge is 0.377 e. The Kier molecular flexibility index (Phi) is 4.47. The molecule has 1 aromatic rings. The van der Waals surface area contributed by atoms with Gasteiger partial charge in [0.25, 0.3) is 0 Å². The van der Waals surface area contributed by atoms with E-state index in [-0.39, 0.29) is 23.8 Å².